The first-order chi connectivity index (χ1) is 28.3. The molecule has 0 aliphatic carbocycles. The van der Waals surface area contributed by atoms with Crippen molar-refractivity contribution in [1.82, 2.24) is 0 Å². The van der Waals surface area contributed by atoms with Crippen molar-refractivity contribution in [1.29, 1.82) is 0 Å². The van der Waals surface area contributed by atoms with Crippen LogP contribution in [0.15, 0.2) is 209 Å². The summed E-state index contributed by atoms with van der Waals surface area (Å²) in [6, 6.07) is 71.4. The second-order valence-electron chi connectivity index (χ2n) is 14.8. The third-order valence-corrected chi connectivity index (χ3v) is 11.6. The molecular weight excluding hydrogens is 695 g/mol. The molecule has 0 saturated carbocycles. The van der Waals surface area contributed by atoms with Gasteiger partial charge >= 0.3 is 0 Å². The van der Waals surface area contributed by atoms with Gasteiger partial charge in [-0.25, -0.2) is 0 Å². The highest BCUT2D eigenvalue weighted by atomic mass is 16.3. The molecule has 0 unspecified atom stereocenters. The zero-order valence-corrected chi connectivity index (χ0v) is 30.8. The number of hydrogen-bond donors (Lipinski definition) is 0. The van der Waals surface area contributed by atoms with E-state index in [0.717, 1.165) is 83.2 Å². The van der Waals surface area contributed by atoms with Gasteiger partial charge in [0.15, 0.2) is 0 Å². The quantitative estimate of drug-likeness (QED) is 0.165. The number of fused-ring (bicyclic) bond motifs is 13. The maximum Gasteiger partial charge on any atom is 0.143 e. The average Bonchev–Trinajstić information content (AvgIpc) is 3.85. The topological polar surface area (TPSA) is 29.5 Å². The monoisotopic (exact) mass is 727 g/mol. The fourth-order valence-electron chi connectivity index (χ4n) is 9.13. The molecule has 0 fully saturated rings. The van der Waals surface area contributed by atoms with Crippen LogP contribution < -0.4 is 4.90 Å². The van der Waals surface area contributed by atoms with Gasteiger partial charge in [0.2, 0.25) is 0 Å². The number of benzene rings is 10. The minimum atomic E-state index is 0.844. The highest BCUT2D eigenvalue weighted by Crippen LogP contribution is 2.47. The van der Waals surface area contributed by atoms with E-state index in [0.29, 0.717) is 0 Å². The first kappa shape index (κ1) is 31.7. The largest absolute Gasteiger partial charge is 0.456 e. The van der Waals surface area contributed by atoms with Crippen molar-refractivity contribution in [3.63, 3.8) is 0 Å². The molecule has 12 rings (SSSR count). The molecule has 0 atom stereocenters. The summed E-state index contributed by atoms with van der Waals surface area (Å²) in [6.07, 6.45) is 0. The number of para-hydroxylation sites is 3. The van der Waals surface area contributed by atoms with E-state index in [1.54, 1.807) is 0 Å². The molecule has 3 heteroatoms. The molecular formula is C54H33NO2. The summed E-state index contributed by atoms with van der Waals surface area (Å²) >= 11 is 0. The van der Waals surface area contributed by atoms with E-state index in [1.807, 2.05) is 18.2 Å². The van der Waals surface area contributed by atoms with Crippen LogP contribution in [0, 0.1) is 0 Å². The lowest BCUT2D eigenvalue weighted by Crippen LogP contribution is -2.09. The Morgan fingerprint density at radius 1 is 0.298 bits per heavy atom. The smallest absolute Gasteiger partial charge is 0.143 e. The van der Waals surface area contributed by atoms with Crippen molar-refractivity contribution in [3.05, 3.63) is 200 Å². The highest BCUT2D eigenvalue weighted by Gasteiger charge is 2.22. The maximum atomic E-state index is 7.02. The number of hydrogen-bond acceptors (Lipinski definition) is 3. The summed E-state index contributed by atoms with van der Waals surface area (Å²) in [7, 11) is 0. The Labute approximate surface area is 328 Å². The van der Waals surface area contributed by atoms with Crippen LogP contribution in [-0.2, 0) is 0 Å². The highest BCUT2D eigenvalue weighted by molar-refractivity contribution is 6.29. The molecule has 3 nitrogen and oxygen atoms in total. The van der Waals surface area contributed by atoms with E-state index in [1.165, 1.54) is 32.3 Å². The average molecular weight is 728 g/mol. The fraction of sp³-hybridized carbons (Fsp3) is 0. The zero-order valence-electron chi connectivity index (χ0n) is 30.8. The van der Waals surface area contributed by atoms with Crippen molar-refractivity contribution in [3.8, 4) is 22.3 Å². The van der Waals surface area contributed by atoms with Gasteiger partial charge in [-0.3, -0.25) is 0 Å². The van der Waals surface area contributed by atoms with E-state index < -0.39 is 0 Å². The minimum absolute atomic E-state index is 0.844. The molecule has 2 aromatic heterocycles. The zero-order chi connectivity index (χ0) is 37.5. The van der Waals surface area contributed by atoms with E-state index in [-0.39, 0.29) is 0 Å². The van der Waals surface area contributed by atoms with Gasteiger partial charge in [-0.15, -0.1) is 0 Å². The van der Waals surface area contributed by atoms with Gasteiger partial charge in [-0.1, -0.05) is 133 Å². The van der Waals surface area contributed by atoms with Gasteiger partial charge < -0.3 is 13.7 Å². The molecule has 57 heavy (non-hydrogen) atoms. The maximum absolute atomic E-state index is 7.02. The van der Waals surface area contributed by atoms with Crippen molar-refractivity contribution in [2.24, 2.45) is 0 Å². The van der Waals surface area contributed by atoms with Crippen LogP contribution in [0.4, 0.5) is 17.1 Å². The SMILES string of the molecule is c1ccc(N(c2ccccc2)c2ccc(-c3ccc4c(oc5ccc6oc7ccccc7c6c54)c3-c3ccc4c5ccccc5c5ccccc5c4c3)cc2)cc1. The Bertz CT molecular complexity index is 3430. The lowest BCUT2D eigenvalue weighted by atomic mass is 9.88. The van der Waals surface area contributed by atoms with E-state index in [9.17, 15) is 0 Å². The Hall–Kier alpha value is -7.62. The molecule has 0 bridgehead atoms. The molecule has 0 radical (unpaired) electrons. The summed E-state index contributed by atoms with van der Waals surface area (Å²) in [5.41, 5.74) is 11.1. The van der Waals surface area contributed by atoms with Gasteiger partial charge in [0.1, 0.15) is 22.3 Å². The van der Waals surface area contributed by atoms with Crippen molar-refractivity contribution < 1.29 is 8.83 Å². The Balaban J connectivity index is 1.13. The second-order valence-corrected chi connectivity index (χ2v) is 14.8. The lowest BCUT2D eigenvalue weighted by Gasteiger charge is -2.25. The van der Waals surface area contributed by atoms with Crippen LogP contribution in [-0.4, -0.2) is 0 Å². The van der Waals surface area contributed by atoms with Crippen LogP contribution >= 0.6 is 0 Å². The van der Waals surface area contributed by atoms with Crippen molar-refractivity contribution in [2.75, 3.05) is 4.90 Å². The van der Waals surface area contributed by atoms with E-state index in [4.69, 9.17) is 8.83 Å². The Morgan fingerprint density at radius 2 is 0.772 bits per heavy atom. The number of furan rings is 2. The van der Waals surface area contributed by atoms with E-state index >= 15 is 0 Å². The van der Waals surface area contributed by atoms with Crippen molar-refractivity contribution in [2.45, 2.75) is 0 Å². The summed E-state index contributed by atoms with van der Waals surface area (Å²) in [5, 5.41) is 11.8. The van der Waals surface area contributed by atoms with Gasteiger partial charge in [0.05, 0.1) is 0 Å². The predicted octanol–water partition coefficient (Wildman–Crippen LogP) is 15.7. The van der Waals surface area contributed by atoms with Crippen LogP contribution in [0.5, 0.6) is 0 Å². The molecule has 0 aliphatic rings. The molecule has 0 amide bonds. The number of nitrogens with zero attached hydrogens (tertiary/aromatic N) is 1. The first-order valence-electron chi connectivity index (χ1n) is 19.4. The van der Waals surface area contributed by atoms with E-state index in [2.05, 4.69) is 187 Å². The molecule has 266 valence electrons. The number of rotatable bonds is 5. The predicted molar refractivity (Wildman–Crippen MR) is 239 cm³/mol. The fourth-order valence-corrected chi connectivity index (χ4v) is 9.13. The van der Waals surface area contributed by atoms with Gasteiger partial charge in [-0.05, 0) is 116 Å². The summed E-state index contributed by atoms with van der Waals surface area (Å²) in [4.78, 5) is 2.30. The standard InChI is InChI=1S/C54H33NO2/c1-3-13-36(14-4-1)55(37-15-5-2-6-16-37)38-26-23-34(24-27-38)39-29-30-46-53-50(32-31-49-52(53)45-21-11-12-22-48(45)56-49)57-54(46)51(39)35-25-28-44-42-19-8-7-17-40(42)41-18-9-10-20-43(41)47(44)33-35/h1-33H. The summed E-state index contributed by atoms with van der Waals surface area (Å²) in [5.74, 6) is 0. The van der Waals surface area contributed by atoms with Gasteiger partial charge in [0.25, 0.3) is 0 Å². The third-order valence-electron chi connectivity index (χ3n) is 11.6. The second kappa shape index (κ2) is 12.5. The van der Waals surface area contributed by atoms with Crippen LogP contribution in [0.25, 0.3) is 98.4 Å². The molecule has 0 N–H and O–H groups in total. The van der Waals surface area contributed by atoms with Gasteiger partial charge in [-0.2, -0.15) is 0 Å². The van der Waals surface area contributed by atoms with Crippen molar-refractivity contribution >= 4 is 93.3 Å². The normalized spacial score (nSPS) is 11.9. The summed E-state index contributed by atoms with van der Waals surface area (Å²) < 4.78 is 13.4. The molecule has 0 aliphatic heterocycles. The minimum Gasteiger partial charge on any atom is -0.456 e. The Kier molecular flexibility index (Phi) is 6.93. The molecule has 10 aromatic carbocycles. The number of anilines is 3. The first-order valence-corrected chi connectivity index (χ1v) is 19.4. The molecule has 0 spiro atoms. The lowest BCUT2D eigenvalue weighted by molar-refractivity contribution is 0.663. The Morgan fingerprint density at radius 3 is 1.42 bits per heavy atom. The van der Waals surface area contributed by atoms with Gasteiger partial charge in [0, 0.05) is 44.2 Å². The van der Waals surface area contributed by atoms with Crippen LogP contribution in [0.2, 0.25) is 0 Å². The molecule has 2 heterocycles. The molecule has 12 aromatic rings. The van der Waals surface area contributed by atoms with Crippen LogP contribution in [0.1, 0.15) is 0 Å². The summed E-state index contributed by atoms with van der Waals surface area (Å²) in [6.45, 7) is 0. The third kappa shape index (κ3) is 4.86. The van der Waals surface area contributed by atoms with Crippen LogP contribution in [0.3, 0.4) is 0 Å². The molecule has 0 saturated heterocycles.